The highest BCUT2D eigenvalue weighted by atomic mass is 15.3. The Hall–Kier alpha value is -0.830. The Morgan fingerprint density at radius 2 is 1.89 bits per heavy atom. The molecule has 1 rings (SSSR count). The van der Waals surface area contributed by atoms with Crippen LogP contribution in [0.3, 0.4) is 0 Å². The molecule has 1 atom stereocenters. The van der Waals surface area contributed by atoms with Crippen LogP contribution in [0.25, 0.3) is 0 Å². The van der Waals surface area contributed by atoms with E-state index < -0.39 is 0 Å². The number of nitrogens with one attached hydrogen (secondary N) is 1. The molecular formula is C15H29N3. The molecule has 1 unspecified atom stereocenters. The maximum atomic E-state index is 4.70. The Morgan fingerprint density at radius 1 is 1.22 bits per heavy atom. The lowest BCUT2D eigenvalue weighted by atomic mass is 10.0. The van der Waals surface area contributed by atoms with Crippen LogP contribution in [-0.2, 0) is 6.54 Å². The Balaban J connectivity index is 2.96. The third kappa shape index (κ3) is 3.58. The summed E-state index contributed by atoms with van der Waals surface area (Å²) in [5, 5.41) is 8.33. The van der Waals surface area contributed by atoms with Crippen molar-refractivity contribution in [3.8, 4) is 0 Å². The molecule has 0 saturated carbocycles. The van der Waals surface area contributed by atoms with Gasteiger partial charge in [-0.2, -0.15) is 5.10 Å². The SMILES string of the molecule is CCCNC(CC)c1c(C)nn(CC(C)C)c1C. The highest BCUT2D eigenvalue weighted by Gasteiger charge is 2.19. The quantitative estimate of drug-likeness (QED) is 0.802. The molecule has 0 radical (unpaired) electrons. The maximum Gasteiger partial charge on any atom is 0.0644 e. The van der Waals surface area contributed by atoms with E-state index in [4.69, 9.17) is 5.10 Å². The largest absolute Gasteiger partial charge is 0.310 e. The summed E-state index contributed by atoms with van der Waals surface area (Å²) in [6.07, 6.45) is 2.30. The molecule has 0 saturated heterocycles. The summed E-state index contributed by atoms with van der Waals surface area (Å²) in [6.45, 7) is 15.4. The first-order valence-corrected chi connectivity index (χ1v) is 7.28. The van der Waals surface area contributed by atoms with Gasteiger partial charge in [0.15, 0.2) is 0 Å². The molecular weight excluding hydrogens is 222 g/mol. The van der Waals surface area contributed by atoms with E-state index in [1.807, 2.05) is 0 Å². The third-order valence-corrected chi connectivity index (χ3v) is 3.37. The van der Waals surface area contributed by atoms with E-state index in [0.29, 0.717) is 12.0 Å². The summed E-state index contributed by atoms with van der Waals surface area (Å²) >= 11 is 0. The summed E-state index contributed by atoms with van der Waals surface area (Å²) in [5.74, 6) is 0.638. The van der Waals surface area contributed by atoms with Crippen molar-refractivity contribution in [3.05, 3.63) is 17.0 Å². The topological polar surface area (TPSA) is 29.9 Å². The van der Waals surface area contributed by atoms with Gasteiger partial charge in [0, 0.05) is 23.8 Å². The van der Waals surface area contributed by atoms with E-state index in [9.17, 15) is 0 Å². The van der Waals surface area contributed by atoms with Gasteiger partial charge >= 0.3 is 0 Å². The fourth-order valence-electron chi connectivity index (χ4n) is 2.51. The molecule has 0 aliphatic heterocycles. The maximum absolute atomic E-state index is 4.70. The molecule has 1 aromatic rings. The molecule has 0 bridgehead atoms. The number of aryl methyl sites for hydroxylation is 1. The predicted molar refractivity (Wildman–Crippen MR) is 77.9 cm³/mol. The van der Waals surface area contributed by atoms with Crippen molar-refractivity contribution in [2.45, 2.75) is 67.0 Å². The van der Waals surface area contributed by atoms with Gasteiger partial charge in [0.25, 0.3) is 0 Å². The van der Waals surface area contributed by atoms with Crippen molar-refractivity contribution in [1.29, 1.82) is 0 Å². The van der Waals surface area contributed by atoms with Crippen molar-refractivity contribution in [1.82, 2.24) is 15.1 Å². The third-order valence-electron chi connectivity index (χ3n) is 3.37. The smallest absolute Gasteiger partial charge is 0.0644 e. The van der Waals surface area contributed by atoms with Gasteiger partial charge in [-0.15, -0.1) is 0 Å². The number of aromatic nitrogens is 2. The first kappa shape index (κ1) is 15.2. The lowest BCUT2D eigenvalue weighted by Crippen LogP contribution is -2.22. The lowest BCUT2D eigenvalue weighted by Gasteiger charge is -2.17. The summed E-state index contributed by atoms with van der Waals surface area (Å²) in [5.41, 5.74) is 3.92. The van der Waals surface area contributed by atoms with Gasteiger partial charge in [-0.25, -0.2) is 0 Å². The second kappa shape index (κ2) is 6.93. The van der Waals surface area contributed by atoms with E-state index in [0.717, 1.165) is 19.5 Å². The molecule has 1 N–H and O–H groups in total. The number of hydrogen-bond donors (Lipinski definition) is 1. The fourth-order valence-corrected chi connectivity index (χ4v) is 2.51. The summed E-state index contributed by atoms with van der Waals surface area (Å²) in [7, 11) is 0. The average molecular weight is 251 g/mol. The number of rotatable bonds is 7. The Morgan fingerprint density at radius 3 is 2.39 bits per heavy atom. The molecule has 0 fully saturated rings. The van der Waals surface area contributed by atoms with Crippen molar-refractivity contribution < 1.29 is 0 Å². The Bertz CT molecular complexity index is 366. The second-order valence-corrected chi connectivity index (χ2v) is 5.58. The molecule has 0 amide bonds. The lowest BCUT2D eigenvalue weighted by molar-refractivity contribution is 0.469. The minimum atomic E-state index is 0.450. The van der Waals surface area contributed by atoms with Crippen molar-refractivity contribution in [2.75, 3.05) is 6.54 Å². The minimum Gasteiger partial charge on any atom is -0.310 e. The predicted octanol–water partition coefficient (Wildman–Crippen LogP) is 3.61. The molecule has 3 nitrogen and oxygen atoms in total. The normalized spacial score (nSPS) is 13.3. The summed E-state index contributed by atoms with van der Waals surface area (Å²) in [4.78, 5) is 0. The molecule has 0 spiro atoms. The van der Waals surface area contributed by atoms with Crippen LogP contribution in [0.15, 0.2) is 0 Å². The molecule has 104 valence electrons. The summed E-state index contributed by atoms with van der Waals surface area (Å²) in [6, 6.07) is 0.450. The highest BCUT2D eigenvalue weighted by Crippen LogP contribution is 2.24. The van der Waals surface area contributed by atoms with Crippen LogP contribution >= 0.6 is 0 Å². The van der Waals surface area contributed by atoms with Crippen LogP contribution < -0.4 is 5.32 Å². The number of nitrogens with zero attached hydrogens (tertiary/aromatic N) is 2. The van der Waals surface area contributed by atoms with E-state index in [1.165, 1.54) is 23.4 Å². The second-order valence-electron chi connectivity index (χ2n) is 5.58. The molecule has 1 heterocycles. The van der Waals surface area contributed by atoms with Crippen LogP contribution in [0, 0.1) is 19.8 Å². The summed E-state index contributed by atoms with van der Waals surface area (Å²) < 4.78 is 2.17. The molecule has 0 aliphatic carbocycles. The first-order chi connectivity index (χ1) is 8.51. The van der Waals surface area contributed by atoms with E-state index in [-0.39, 0.29) is 0 Å². The van der Waals surface area contributed by atoms with Gasteiger partial charge < -0.3 is 5.32 Å². The molecule has 18 heavy (non-hydrogen) atoms. The zero-order valence-corrected chi connectivity index (χ0v) is 12.9. The van der Waals surface area contributed by atoms with Crippen molar-refractivity contribution >= 4 is 0 Å². The Kier molecular flexibility index (Phi) is 5.86. The monoisotopic (exact) mass is 251 g/mol. The van der Waals surface area contributed by atoms with Crippen molar-refractivity contribution in [3.63, 3.8) is 0 Å². The van der Waals surface area contributed by atoms with E-state index >= 15 is 0 Å². The standard InChI is InChI=1S/C15H29N3/c1-7-9-16-14(8-2)15-12(5)17-18(13(15)6)10-11(3)4/h11,14,16H,7-10H2,1-6H3. The minimum absolute atomic E-state index is 0.450. The molecule has 1 aromatic heterocycles. The zero-order valence-electron chi connectivity index (χ0n) is 12.9. The van der Waals surface area contributed by atoms with Crippen molar-refractivity contribution in [2.24, 2.45) is 5.92 Å². The number of hydrogen-bond acceptors (Lipinski definition) is 2. The van der Waals surface area contributed by atoms with E-state index in [1.54, 1.807) is 0 Å². The van der Waals surface area contributed by atoms with Gasteiger partial charge in [-0.1, -0.05) is 27.7 Å². The van der Waals surface area contributed by atoms with Gasteiger partial charge in [-0.3, -0.25) is 4.68 Å². The highest BCUT2D eigenvalue weighted by molar-refractivity contribution is 5.28. The molecule has 0 aromatic carbocycles. The molecule has 0 aliphatic rings. The van der Waals surface area contributed by atoms with Crippen LogP contribution in [0.1, 0.15) is 63.5 Å². The van der Waals surface area contributed by atoms with Gasteiger partial charge in [0.05, 0.1) is 5.69 Å². The van der Waals surface area contributed by atoms with Crippen LogP contribution in [0.2, 0.25) is 0 Å². The zero-order chi connectivity index (χ0) is 13.7. The van der Waals surface area contributed by atoms with Crippen LogP contribution in [-0.4, -0.2) is 16.3 Å². The Labute approximate surface area is 112 Å². The van der Waals surface area contributed by atoms with Crippen LogP contribution in [0.5, 0.6) is 0 Å². The van der Waals surface area contributed by atoms with Gasteiger partial charge in [0.2, 0.25) is 0 Å². The molecule has 3 heteroatoms. The van der Waals surface area contributed by atoms with Gasteiger partial charge in [-0.05, 0) is 39.2 Å². The first-order valence-electron chi connectivity index (χ1n) is 7.28. The van der Waals surface area contributed by atoms with E-state index in [2.05, 4.69) is 51.5 Å². The fraction of sp³-hybridized carbons (Fsp3) is 0.800. The van der Waals surface area contributed by atoms with Crippen LogP contribution in [0.4, 0.5) is 0 Å². The van der Waals surface area contributed by atoms with Gasteiger partial charge in [0.1, 0.15) is 0 Å². The average Bonchev–Trinajstić information content (AvgIpc) is 2.56.